The number of alkyl halides is 4. The fourth-order valence-corrected chi connectivity index (χ4v) is 2.35. The average molecular weight is 354 g/mol. The highest BCUT2D eigenvalue weighted by Gasteiger charge is 2.54. The Bertz CT molecular complexity index is 270. The summed E-state index contributed by atoms with van der Waals surface area (Å²) in [5.74, 6) is -1.27. The summed E-state index contributed by atoms with van der Waals surface area (Å²) < 4.78 is -3.88. The monoisotopic (exact) mass is 352 g/mol. The third kappa shape index (κ3) is 6.72. The van der Waals surface area contributed by atoms with Crippen molar-refractivity contribution >= 4 is 52.4 Å². The number of unbranched alkanes of at least 4 members (excludes halogenated alkanes) is 6. The van der Waals surface area contributed by atoms with Gasteiger partial charge in [-0.05, 0) is 6.42 Å². The van der Waals surface area contributed by atoms with Gasteiger partial charge in [-0.25, -0.2) is 4.79 Å². The molecule has 7 heteroatoms. The van der Waals surface area contributed by atoms with Gasteiger partial charge in [0.15, 0.2) is 4.33 Å². The molecule has 0 aromatic heterocycles. The Kier molecular flexibility index (Phi) is 9.81. The number of carbonyl (C=O) groups is 1. The lowest BCUT2D eigenvalue weighted by atomic mass is 10.1. The van der Waals surface area contributed by atoms with Crippen LogP contribution in [0.4, 0.5) is 0 Å². The van der Waals surface area contributed by atoms with Crippen LogP contribution in [0.5, 0.6) is 0 Å². The average Bonchev–Trinajstić information content (AvgIpc) is 2.36. The van der Waals surface area contributed by atoms with Gasteiger partial charge in [0.1, 0.15) is 0 Å². The minimum Gasteiger partial charge on any atom is -0.297 e. The van der Waals surface area contributed by atoms with Gasteiger partial charge in [-0.1, -0.05) is 98.3 Å². The van der Waals surface area contributed by atoms with Gasteiger partial charge in [0.25, 0.3) is 0 Å². The molecule has 0 amide bonds. The molecule has 0 fully saturated rings. The van der Waals surface area contributed by atoms with E-state index < -0.39 is 14.6 Å². The van der Waals surface area contributed by atoms with Crippen LogP contribution in [0.25, 0.3) is 0 Å². The molecular weight excluding hydrogens is 334 g/mol. The van der Waals surface area contributed by atoms with E-state index >= 15 is 0 Å². The van der Waals surface area contributed by atoms with Crippen molar-refractivity contribution in [3.05, 3.63) is 0 Å². The first kappa shape index (κ1) is 19.6. The van der Waals surface area contributed by atoms with Crippen molar-refractivity contribution in [3.8, 4) is 0 Å². The lowest BCUT2D eigenvalue weighted by molar-refractivity contribution is -0.235. The lowest BCUT2D eigenvalue weighted by Gasteiger charge is -2.29. The van der Waals surface area contributed by atoms with E-state index in [1.54, 1.807) is 0 Å². The van der Waals surface area contributed by atoms with Crippen molar-refractivity contribution in [1.29, 1.82) is 0 Å². The van der Waals surface area contributed by atoms with Crippen LogP contribution in [0.1, 0.15) is 58.3 Å². The Morgan fingerprint density at radius 1 is 1.00 bits per heavy atom. The second-order valence-electron chi connectivity index (χ2n) is 4.53. The van der Waals surface area contributed by atoms with Gasteiger partial charge in [-0.15, -0.1) is 0 Å². The van der Waals surface area contributed by atoms with Gasteiger partial charge in [-0.2, -0.15) is 5.26 Å². The summed E-state index contributed by atoms with van der Waals surface area (Å²) in [6.45, 7) is 2.16. The molecule has 0 aromatic rings. The third-order valence-corrected chi connectivity index (χ3v) is 5.18. The Hall–Kier alpha value is 0.590. The SMILES string of the molecule is CCCCCCCCCC(Cl)(Cl)C(Cl)(Cl)C(=O)OO. The second-order valence-corrected chi connectivity index (χ2v) is 7.34. The number of hydrogen-bond acceptors (Lipinski definition) is 3. The molecule has 0 unspecified atom stereocenters. The van der Waals surface area contributed by atoms with Crippen molar-refractivity contribution < 1.29 is 14.9 Å². The normalized spacial score (nSPS) is 12.5. The van der Waals surface area contributed by atoms with Crippen LogP contribution in [-0.2, 0) is 9.68 Å². The fraction of sp³-hybridized carbons (Fsp3) is 0.917. The summed E-state index contributed by atoms with van der Waals surface area (Å²) in [7, 11) is 0. The van der Waals surface area contributed by atoms with Crippen molar-refractivity contribution in [2.45, 2.75) is 67.0 Å². The second kappa shape index (κ2) is 9.51. The van der Waals surface area contributed by atoms with Crippen molar-refractivity contribution in [2.75, 3.05) is 0 Å². The van der Waals surface area contributed by atoms with Gasteiger partial charge in [-0.3, -0.25) is 4.89 Å². The van der Waals surface area contributed by atoms with Crippen LogP contribution >= 0.6 is 46.4 Å². The molecule has 0 radical (unpaired) electrons. The first-order valence-corrected chi connectivity index (χ1v) is 7.92. The molecule has 0 aliphatic heterocycles. The Morgan fingerprint density at radius 2 is 1.47 bits per heavy atom. The van der Waals surface area contributed by atoms with Crippen molar-refractivity contribution in [2.24, 2.45) is 0 Å². The molecule has 0 saturated carbocycles. The molecule has 3 nitrogen and oxygen atoms in total. The molecule has 0 spiro atoms. The fourth-order valence-electron chi connectivity index (χ4n) is 1.67. The minimum atomic E-state index is -2.19. The molecule has 0 rings (SSSR count). The third-order valence-electron chi connectivity index (χ3n) is 2.89. The van der Waals surface area contributed by atoms with E-state index in [1.807, 2.05) is 0 Å². The van der Waals surface area contributed by atoms with Crippen molar-refractivity contribution in [3.63, 3.8) is 0 Å². The van der Waals surface area contributed by atoms with E-state index in [-0.39, 0.29) is 6.42 Å². The van der Waals surface area contributed by atoms with Crippen molar-refractivity contribution in [1.82, 2.24) is 0 Å². The zero-order valence-corrected chi connectivity index (χ0v) is 14.0. The predicted octanol–water partition coefficient (Wildman–Crippen LogP) is 5.49. The molecule has 0 saturated heterocycles. The Labute approximate surface area is 134 Å². The standard InChI is InChI=1S/C12H20Cl4O3/c1-2-3-4-5-6-7-8-9-11(13,14)12(15,16)10(17)19-18/h18H,2-9H2,1H3. The summed E-state index contributed by atoms with van der Waals surface area (Å²) in [5.41, 5.74) is 0. The molecule has 0 aliphatic carbocycles. The van der Waals surface area contributed by atoms with Gasteiger partial charge in [0.05, 0.1) is 0 Å². The molecule has 0 atom stereocenters. The molecule has 0 bridgehead atoms. The summed E-state index contributed by atoms with van der Waals surface area (Å²) >= 11 is 23.4. The van der Waals surface area contributed by atoms with Gasteiger partial charge < -0.3 is 0 Å². The highest BCUT2D eigenvalue weighted by molar-refractivity contribution is 6.68. The number of carbonyl (C=O) groups excluding carboxylic acids is 1. The van der Waals surface area contributed by atoms with E-state index in [1.165, 1.54) is 19.3 Å². The van der Waals surface area contributed by atoms with Crippen LogP contribution in [0.3, 0.4) is 0 Å². The zero-order valence-electron chi connectivity index (χ0n) is 10.9. The maximum Gasteiger partial charge on any atom is 0.380 e. The molecule has 0 aromatic carbocycles. The molecule has 0 aliphatic rings. The summed E-state index contributed by atoms with van der Waals surface area (Å²) in [4.78, 5) is 14.7. The Morgan fingerprint density at radius 3 is 1.95 bits per heavy atom. The topological polar surface area (TPSA) is 46.5 Å². The highest BCUT2D eigenvalue weighted by Crippen LogP contribution is 2.46. The Balaban J connectivity index is 4.00. The minimum absolute atomic E-state index is 0.242. The summed E-state index contributed by atoms with van der Waals surface area (Å²) in [6, 6.07) is 0. The smallest absolute Gasteiger partial charge is 0.297 e. The first-order chi connectivity index (χ1) is 8.79. The lowest BCUT2D eigenvalue weighted by Crippen LogP contribution is -2.44. The summed E-state index contributed by atoms with van der Waals surface area (Å²) in [6.07, 6.45) is 7.77. The maximum absolute atomic E-state index is 11.2. The first-order valence-electron chi connectivity index (χ1n) is 6.41. The molecule has 0 heterocycles. The number of rotatable bonds is 10. The van der Waals surface area contributed by atoms with E-state index in [0.717, 1.165) is 19.3 Å². The van der Waals surface area contributed by atoms with Gasteiger partial charge >= 0.3 is 5.97 Å². The van der Waals surface area contributed by atoms with Crippen LogP contribution < -0.4 is 0 Å². The zero-order chi connectivity index (χ0) is 14.9. The van der Waals surface area contributed by atoms with Crippen LogP contribution in [0.2, 0.25) is 0 Å². The highest BCUT2D eigenvalue weighted by atomic mass is 35.5. The van der Waals surface area contributed by atoms with Crippen LogP contribution in [0.15, 0.2) is 0 Å². The molecule has 114 valence electrons. The molecule has 19 heavy (non-hydrogen) atoms. The van der Waals surface area contributed by atoms with Gasteiger partial charge in [0, 0.05) is 0 Å². The predicted molar refractivity (Wildman–Crippen MR) is 80.2 cm³/mol. The summed E-state index contributed by atoms with van der Waals surface area (Å²) in [5, 5.41) is 8.29. The quantitative estimate of drug-likeness (QED) is 0.244. The number of hydrogen-bond donors (Lipinski definition) is 1. The molecular formula is C12H20Cl4O3. The van der Waals surface area contributed by atoms with Crippen LogP contribution in [0, 0.1) is 0 Å². The number of halogens is 4. The largest absolute Gasteiger partial charge is 0.380 e. The van der Waals surface area contributed by atoms with E-state index in [2.05, 4.69) is 11.8 Å². The maximum atomic E-state index is 11.2. The van der Waals surface area contributed by atoms with Gasteiger partial charge in [0.2, 0.25) is 4.33 Å². The molecule has 1 N–H and O–H groups in total. The van der Waals surface area contributed by atoms with Crippen LogP contribution in [-0.4, -0.2) is 19.9 Å². The van der Waals surface area contributed by atoms with E-state index in [4.69, 9.17) is 51.7 Å². The van der Waals surface area contributed by atoms with E-state index in [9.17, 15) is 4.79 Å². The van der Waals surface area contributed by atoms with E-state index in [0.29, 0.717) is 6.42 Å².